The average Bonchev–Trinajstić information content (AvgIpc) is 2.97. The first-order chi connectivity index (χ1) is 12.3. The zero-order valence-corrected chi connectivity index (χ0v) is 13.7. The van der Waals surface area contributed by atoms with E-state index >= 15 is 0 Å². The molecule has 1 aliphatic carbocycles. The third-order valence-corrected chi connectivity index (χ3v) is 4.42. The lowest BCUT2D eigenvalue weighted by Crippen LogP contribution is -2.28. The monoisotopic (exact) mass is 333 g/mol. The first kappa shape index (κ1) is 15.7. The molecule has 0 radical (unpaired) electrons. The summed E-state index contributed by atoms with van der Waals surface area (Å²) in [5.41, 5.74) is 3.54. The maximum Gasteiger partial charge on any atom is 0.237 e. The summed E-state index contributed by atoms with van der Waals surface area (Å²) in [6, 6.07) is 16.0. The molecule has 25 heavy (non-hydrogen) atoms. The summed E-state index contributed by atoms with van der Waals surface area (Å²) in [4.78, 5) is 8.07. The summed E-state index contributed by atoms with van der Waals surface area (Å²) in [7, 11) is 0. The highest BCUT2D eigenvalue weighted by atomic mass is 16.5. The third-order valence-electron chi connectivity index (χ3n) is 4.42. The highest BCUT2D eigenvalue weighted by Gasteiger charge is 2.29. The van der Waals surface area contributed by atoms with Gasteiger partial charge in [0.15, 0.2) is 0 Å². The first-order valence-corrected chi connectivity index (χ1v) is 8.31. The van der Waals surface area contributed by atoms with Crippen molar-refractivity contribution >= 4 is 0 Å². The molecule has 1 aromatic heterocycles. The molecule has 5 nitrogen and oxygen atoms in total. The van der Waals surface area contributed by atoms with Crippen molar-refractivity contribution in [3.63, 3.8) is 0 Å². The Morgan fingerprint density at radius 3 is 2.72 bits per heavy atom. The summed E-state index contributed by atoms with van der Waals surface area (Å²) in [6.07, 6.45) is 5.11. The summed E-state index contributed by atoms with van der Waals surface area (Å²) in [5, 5.41) is 13.8. The number of rotatable bonds is 5. The lowest BCUT2D eigenvalue weighted by molar-refractivity contribution is 0.140. The maximum absolute atomic E-state index is 10.3. The number of aliphatic hydroxyl groups is 1. The number of hydrogen-bond acceptors (Lipinski definition) is 5. The van der Waals surface area contributed by atoms with Crippen LogP contribution in [0, 0.1) is 0 Å². The quantitative estimate of drug-likeness (QED) is 0.751. The van der Waals surface area contributed by atoms with Gasteiger partial charge in [-0.2, -0.15) is 0 Å². The van der Waals surface area contributed by atoms with Crippen molar-refractivity contribution < 1.29 is 9.84 Å². The summed E-state index contributed by atoms with van der Waals surface area (Å²) < 4.78 is 5.64. The van der Waals surface area contributed by atoms with E-state index in [1.807, 2.05) is 36.4 Å². The second-order valence-electron chi connectivity index (χ2n) is 6.12. The molecule has 0 bridgehead atoms. The maximum atomic E-state index is 10.3. The zero-order valence-electron chi connectivity index (χ0n) is 13.7. The number of aromatic nitrogens is 2. The predicted octanol–water partition coefficient (Wildman–Crippen LogP) is 3.02. The van der Waals surface area contributed by atoms with Crippen molar-refractivity contribution in [2.24, 2.45) is 0 Å². The van der Waals surface area contributed by atoms with Gasteiger partial charge >= 0.3 is 0 Å². The average molecular weight is 333 g/mol. The minimum Gasteiger partial charge on any atom is -0.438 e. The van der Waals surface area contributed by atoms with Crippen LogP contribution >= 0.6 is 0 Å². The Labute approximate surface area is 146 Å². The number of ether oxygens (including phenoxy) is 1. The summed E-state index contributed by atoms with van der Waals surface area (Å²) >= 11 is 0. The van der Waals surface area contributed by atoms with Gasteiger partial charge in [0.2, 0.25) is 5.88 Å². The van der Waals surface area contributed by atoms with Crippen molar-refractivity contribution in [3.05, 3.63) is 83.8 Å². The second-order valence-corrected chi connectivity index (χ2v) is 6.12. The van der Waals surface area contributed by atoms with Crippen LogP contribution in [0.5, 0.6) is 11.6 Å². The molecule has 1 aliphatic rings. The van der Waals surface area contributed by atoms with E-state index in [1.165, 1.54) is 11.1 Å². The molecule has 126 valence electrons. The van der Waals surface area contributed by atoms with Gasteiger partial charge in [0.1, 0.15) is 5.75 Å². The molecule has 1 heterocycles. The Balaban J connectivity index is 1.39. The number of fused-ring (bicyclic) bond motifs is 1. The fourth-order valence-corrected chi connectivity index (χ4v) is 3.18. The van der Waals surface area contributed by atoms with Crippen molar-refractivity contribution in [1.82, 2.24) is 15.3 Å². The number of hydrogen-bond donors (Lipinski definition) is 2. The highest BCUT2D eigenvalue weighted by Crippen LogP contribution is 2.31. The van der Waals surface area contributed by atoms with Gasteiger partial charge in [-0.05, 0) is 28.8 Å². The van der Waals surface area contributed by atoms with E-state index < -0.39 is 0 Å². The molecule has 2 aromatic carbocycles. The molecule has 0 saturated heterocycles. The SMILES string of the molecule is O[C@H]1Cc2ccccc2[C@H]1NCc1ccc(Oc2cnccn2)cc1. The van der Waals surface area contributed by atoms with E-state index in [9.17, 15) is 5.11 Å². The van der Waals surface area contributed by atoms with Gasteiger partial charge in [0.05, 0.1) is 18.3 Å². The molecule has 0 fully saturated rings. The smallest absolute Gasteiger partial charge is 0.237 e. The number of benzene rings is 2. The molecule has 0 amide bonds. The fraction of sp³-hybridized carbons (Fsp3) is 0.200. The van der Waals surface area contributed by atoms with E-state index in [2.05, 4.69) is 27.4 Å². The van der Waals surface area contributed by atoms with Crippen LogP contribution in [-0.2, 0) is 13.0 Å². The highest BCUT2D eigenvalue weighted by molar-refractivity contribution is 5.36. The van der Waals surface area contributed by atoms with Gasteiger partial charge in [-0.15, -0.1) is 0 Å². The Morgan fingerprint density at radius 2 is 1.92 bits per heavy atom. The van der Waals surface area contributed by atoms with Gasteiger partial charge in [0.25, 0.3) is 0 Å². The van der Waals surface area contributed by atoms with E-state index in [-0.39, 0.29) is 12.1 Å². The molecule has 2 atom stereocenters. The van der Waals surface area contributed by atoms with Crippen LogP contribution in [-0.4, -0.2) is 21.2 Å². The molecule has 2 N–H and O–H groups in total. The standard InChI is InChI=1S/C20H19N3O2/c24-18-11-15-3-1-2-4-17(15)20(18)23-12-14-5-7-16(8-6-14)25-19-13-21-9-10-22-19/h1-10,13,18,20,23-24H,11-12H2/t18-,20+/m0/s1. The van der Waals surface area contributed by atoms with Gasteiger partial charge in [0, 0.05) is 25.4 Å². The van der Waals surface area contributed by atoms with Gasteiger partial charge in [-0.1, -0.05) is 36.4 Å². The van der Waals surface area contributed by atoms with Crippen LogP contribution in [0.1, 0.15) is 22.7 Å². The van der Waals surface area contributed by atoms with Crippen molar-refractivity contribution in [3.8, 4) is 11.6 Å². The van der Waals surface area contributed by atoms with Crippen LogP contribution in [0.2, 0.25) is 0 Å². The Morgan fingerprint density at radius 1 is 1.08 bits per heavy atom. The Hall–Kier alpha value is -2.76. The molecule has 0 spiro atoms. The minimum atomic E-state index is -0.378. The van der Waals surface area contributed by atoms with E-state index in [0.717, 1.165) is 11.3 Å². The normalized spacial score (nSPS) is 18.8. The lowest BCUT2D eigenvalue weighted by atomic mass is 10.1. The fourth-order valence-electron chi connectivity index (χ4n) is 3.18. The molecule has 0 aliphatic heterocycles. The predicted molar refractivity (Wildman–Crippen MR) is 94.3 cm³/mol. The molecule has 4 rings (SSSR count). The lowest BCUT2D eigenvalue weighted by Gasteiger charge is -2.18. The van der Waals surface area contributed by atoms with Crippen molar-refractivity contribution in [1.29, 1.82) is 0 Å². The van der Waals surface area contributed by atoms with Gasteiger partial charge < -0.3 is 15.2 Å². The van der Waals surface area contributed by atoms with Gasteiger partial charge in [-0.25, -0.2) is 4.98 Å². The first-order valence-electron chi connectivity index (χ1n) is 8.31. The van der Waals surface area contributed by atoms with E-state index in [0.29, 0.717) is 18.8 Å². The molecule has 0 saturated carbocycles. The van der Waals surface area contributed by atoms with Gasteiger partial charge in [-0.3, -0.25) is 4.98 Å². The Bertz CT molecular complexity index is 837. The van der Waals surface area contributed by atoms with Crippen LogP contribution in [0.15, 0.2) is 67.1 Å². The Kier molecular flexibility index (Phi) is 4.41. The van der Waals surface area contributed by atoms with Crippen molar-refractivity contribution in [2.45, 2.75) is 25.1 Å². The second kappa shape index (κ2) is 7.01. The largest absolute Gasteiger partial charge is 0.438 e. The van der Waals surface area contributed by atoms with Crippen LogP contribution in [0.4, 0.5) is 0 Å². The molecular formula is C20H19N3O2. The number of aliphatic hydroxyl groups excluding tert-OH is 1. The van der Waals surface area contributed by atoms with E-state index in [4.69, 9.17) is 4.74 Å². The van der Waals surface area contributed by atoms with Crippen LogP contribution in [0.25, 0.3) is 0 Å². The number of nitrogens with one attached hydrogen (secondary N) is 1. The van der Waals surface area contributed by atoms with Crippen LogP contribution < -0.4 is 10.1 Å². The van der Waals surface area contributed by atoms with E-state index in [1.54, 1.807) is 18.6 Å². The summed E-state index contributed by atoms with van der Waals surface area (Å²) in [5.74, 6) is 1.19. The number of nitrogens with zero attached hydrogens (tertiary/aromatic N) is 2. The zero-order chi connectivity index (χ0) is 17.1. The molecular weight excluding hydrogens is 314 g/mol. The molecule has 0 unspecified atom stereocenters. The van der Waals surface area contributed by atoms with Crippen LogP contribution in [0.3, 0.4) is 0 Å². The van der Waals surface area contributed by atoms with Crippen molar-refractivity contribution in [2.75, 3.05) is 0 Å². The minimum absolute atomic E-state index is 0.0216. The molecule has 5 heteroatoms. The summed E-state index contributed by atoms with van der Waals surface area (Å²) in [6.45, 7) is 0.682. The molecule has 3 aromatic rings. The topological polar surface area (TPSA) is 67.3 Å². The third kappa shape index (κ3) is 3.52.